The summed E-state index contributed by atoms with van der Waals surface area (Å²) in [5.74, 6) is 0. The number of hydrogen-bond acceptors (Lipinski definition) is 3. The third-order valence-corrected chi connectivity index (χ3v) is 3.05. The fourth-order valence-corrected chi connectivity index (χ4v) is 2.21. The lowest BCUT2D eigenvalue weighted by Gasteiger charge is -2.08. The van der Waals surface area contributed by atoms with Crippen LogP contribution in [0.25, 0.3) is 16.8 Å². The highest BCUT2D eigenvalue weighted by atomic mass is 14.9. The Labute approximate surface area is 105 Å². The molecule has 0 aromatic carbocycles. The van der Waals surface area contributed by atoms with Gasteiger partial charge in [0.2, 0.25) is 0 Å². The van der Waals surface area contributed by atoms with Gasteiger partial charge in [-0.3, -0.25) is 9.97 Å². The zero-order valence-corrected chi connectivity index (χ0v) is 9.95. The van der Waals surface area contributed by atoms with Crippen molar-refractivity contribution >= 4 is 5.52 Å². The molecule has 3 heterocycles. The summed E-state index contributed by atoms with van der Waals surface area (Å²) in [6.45, 7) is 0.629. The minimum atomic E-state index is 0.629. The Balaban J connectivity index is 2.20. The van der Waals surface area contributed by atoms with E-state index in [-0.39, 0.29) is 0 Å². The van der Waals surface area contributed by atoms with Crippen LogP contribution in [0.3, 0.4) is 0 Å². The molecule has 0 radical (unpaired) electrons. The molecule has 0 amide bonds. The van der Waals surface area contributed by atoms with Gasteiger partial charge in [0.25, 0.3) is 0 Å². The van der Waals surface area contributed by atoms with E-state index in [1.165, 1.54) is 11.1 Å². The lowest BCUT2D eigenvalue weighted by molar-refractivity contribution is 0.958. The van der Waals surface area contributed by atoms with E-state index in [2.05, 4.69) is 26.5 Å². The Morgan fingerprint density at radius 1 is 1.06 bits per heavy atom. The normalized spacial score (nSPS) is 10.9. The van der Waals surface area contributed by atoms with E-state index in [9.17, 15) is 0 Å². The fraction of sp³-hybridized carbons (Fsp3) is 0.143. The quantitative estimate of drug-likeness (QED) is 0.758. The summed E-state index contributed by atoms with van der Waals surface area (Å²) < 4.78 is 2.13. The van der Waals surface area contributed by atoms with Gasteiger partial charge >= 0.3 is 0 Å². The van der Waals surface area contributed by atoms with Crippen molar-refractivity contribution in [2.75, 3.05) is 6.54 Å². The van der Waals surface area contributed by atoms with Crippen LogP contribution in [0.1, 0.15) is 5.56 Å². The molecule has 4 heteroatoms. The number of rotatable bonds is 3. The molecule has 3 aromatic rings. The maximum Gasteiger partial charge on any atom is 0.0640 e. The molecule has 0 aliphatic heterocycles. The first-order valence-corrected chi connectivity index (χ1v) is 5.94. The van der Waals surface area contributed by atoms with E-state index in [1.54, 1.807) is 6.20 Å². The highest BCUT2D eigenvalue weighted by molar-refractivity contribution is 5.69. The van der Waals surface area contributed by atoms with Crippen LogP contribution < -0.4 is 5.73 Å². The first-order chi connectivity index (χ1) is 8.90. The first kappa shape index (κ1) is 10.9. The molecule has 3 aromatic heterocycles. The molecule has 0 fully saturated rings. The van der Waals surface area contributed by atoms with Crippen molar-refractivity contribution in [2.24, 2.45) is 5.73 Å². The van der Waals surface area contributed by atoms with Crippen molar-refractivity contribution in [2.45, 2.75) is 6.42 Å². The molecule has 2 N–H and O–H groups in total. The van der Waals surface area contributed by atoms with E-state index < -0.39 is 0 Å². The lowest BCUT2D eigenvalue weighted by Crippen LogP contribution is -2.04. The maximum atomic E-state index is 5.65. The molecular weight excluding hydrogens is 224 g/mol. The van der Waals surface area contributed by atoms with Crippen molar-refractivity contribution in [3.8, 4) is 11.3 Å². The van der Waals surface area contributed by atoms with Crippen LogP contribution in [0.5, 0.6) is 0 Å². The number of fused-ring (bicyclic) bond motifs is 1. The summed E-state index contributed by atoms with van der Waals surface area (Å²) in [6, 6.07) is 6.20. The third kappa shape index (κ3) is 1.76. The van der Waals surface area contributed by atoms with Gasteiger partial charge in [0.15, 0.2) is 0 Å². The van der Waals surface area contributed by atoms with Crippen molar-refractivity contribution in [1.82, 2.24) is 14.4 Å². The largest absolute Gasteiger partial charge is 0.330 e. The van der Waals surface area contributed by atoms with Gasteiger partial charge in [0.05, 0.1) is 17.4 Å². The van der Waals surface area contributed by atoms with E-state index in [4.69, 9.17) is 5.73 Å². The minimum absolute atomic E-state index is 0.629. The SMILES string of the molecule is NCCc1cnccc1-c1ccc2cnccn12. The highest BCUT2D eigenvalue weighted by Gasteiger charge is 2.08. The lowest BCUT2D eigenvalue weighted by atomic mass is 10.0. The molecule has 0 saturated heterocycles. The van der Waals surface area contributed by atoms with Crippen LogP contribution in [0.15, 0.2) is 49.2 Å². The zero-order chi connectivity index (χ0) is 12.4. The van der Waals surface area contributed by atoms with Crippen molar-refractivity contribution in [1.29, 1.82) is 0 Å². The second kappa shape index (κ2) is 4.58. The predicted molar refractivity (Wildman–Crippen MR) is 71.2 cm³/mol. The topological polar surface area (TPSA) is 56.2 Å². The predicted octanol–water partition coefficient (Wildman–Crippen LogP) is 1.90. The second-order valence-electron chi connectivity index (χ2n) is 4.16. The molecule has 0 saturated carbocycles. The number of pyridine rings is 1. The van der Waals surface area contributed by atoms with E-state index in [0.29, 0.717) is 6.54 Å². The van der Waals surface area contributed by atoms with E-state index >= 15 is 0 Å². The molecule has 4 nitrogen and oxygen atoms in total. The van der Waals surface area contributed by atoms with Gasteiger partial charge in [-0.25, -0.2) is 0 Å². The van der Waals surface area contributed by atoms with Crippen LogP contribution in [-0.2, 0) is 6.42 Å². The zero-order valence-electron chi connectivity index (χ0n) is 9.95. The minimum Gasteiger partial charge on any atom is -0.330 e. The van der Waals surface area contributed by atoms with Gasteiger partial charge in [-0.2, -0.15) is 0 Å². The molecule has 3 rings (SSSR count). The number of nitrogens with two attached hydrogens (primary N) is 1. The second-order valence-corrected chi connectivity index (χ2v) is 4.16. The molecular formula is C14H14N4. The summed E-state index contributed by atoms with van der Waals surface area (Å²) >= 11 is 0. The van der Waals surface area contributed by atoms with Gasteiger partial charge in [-0.1, -0.05) is 0 Å². The summed E-state index contributed by atoms with van der Waals surface area (Å²) in [6.07, 6.45) is 10.2. The maximum absolute atomic E-state index is 5.65. The summed E-state index contributed by atoms with van der Waals surface area (Å²) in [7, 11) is 0. The van der Waals surface area contributed by atoms with Crippen LogP contribution in [0.2, 0.25) is 0 Å². The van der Waals surface area contributed by atoms with Crippen LogP contribution in [0, 0.1) is 0 Å². The molecule has 0 unspecified atom stereocenters. The number of aromatic nitrogens is 3. The Hall–Kier alpha value is -2.20. The summed E-state index contributed by atoms with van der Waals surface area (Å²) in [4.78, 5) is 8.30. The summed E-state index contributed by atoms with van der Waals surface area (Å²) in [5, 5.41) is 0. The van der Waals surface area contributed by atoms with Crippen molar-refractivity contribution in [3.63, 3.8) is 0 Å². The average molecular weight is 238 g/mol. The fourth-order valence-electron chi connectivity index (χ4n) is 2.21. The highest BCUT2D eigenvalue weighted by Crippen LogP contribution is 2.25. The molecule has 0 spiro atoms. The molecule has 0 bridgehead atoms. The molecule has 18 heavy (non-hydrogen) atoms. The third-order valence-electron chi connectivity index (χ3n) is 3.05. The summed E-state index contributed by atoms with van der Waals surface area (Å²) in [5.41, 5.74) is 10.2. The van der Waals surface area contributed by atoms with Crippen LogP contribution in [0.4, 0.5) is 0 Å². The van der Waals surface area contributed by atoms with Gasteiger partial charge in [-0.15, -0.1) is 0 Å². The Morgan fingerprint density at radius 2 is 1.94 bits per heavy atom. The molecule has 90 valence electrons. The van der Waals surface area contributed by atoms with Gasteiger partial charge in [0, 0.05) is 30.4 Å². The van der Waals surface area contributed by atoms with E-state index in [0.717, 1.165) is 17.6 Å². The van der Waals surface area contributed by atoms with Gasteiger partial charge in [0.1, 0.15) is 0 Å². The van der Waals surface area contributed by atoms with Gasteiger partial charge < -0.3 is 10.1 Å². The Kier molecular flexibility index (Phi) is 2.78. The molecule has 0 atom stereocenters. The van der Waals surface area contributed by atoms with Crippen molar-refractivity contribution in [3.05, 3.63) is 54.7 Å². The van der Waals surface area contributed by atoms with Crippen LogP contribution in [-0.4, -0.2) is 20.9 Å². The number of hydrogen-bond donors (Lipinski definition) is 1. The van der Waals surface area contributed by atoms with Crippen molar-refractivity contribution < 1.29 is 0 Å². The van der Waals surface area contributed by atoms with Crippen LogP contribution >= 0.6 is 0 Å². The smallest absolute Gasteiger partial charge is 0.0640 e. The molecule has 0 aliphatic carbocycles. The number of nitrogens with zero attached hydrogens (tertiary/aromatic N) is 3. The Bertz CT molecular complexity index is 672. The standard InChI is InChI=1S/C14H14N4/c15-5-3-11-9-16-6-4-13(11)14-2-1-12-10-17-7-8-18(12)14/h1-2,4,6-10H,3,5,15H2. The monoisotopic (exact) mass is 238 g/mol. The van der Waals surface area contributed by atoms with E-state index in [1.807, 2.05) is 30.9 Å². The Morgan fingerprint density at radius 3 is 2.83 bits per heavy atom. The molecule has 0 aliphatic rings. The van der Waals surface area contributed by atoms with Gasteiger partial charge in [-0.05, 0) is 36.7 Å². The average Bonchev–Trinajstić information content (AvgIpc) is 2.84. The first-order valence-electron chi connectivity index (χ1n) is 5.94.